The van der Waals surface area contributed by atoms with E-state index in [1.165, 1.54) is 56.9 Å². The number of carbonyl (C=O) groups is 1. The van der Waals surface area contributed by atoms with Crippen molar-refractivity contribution in [3.05, 3.63) is 89.8 Å². The number of halogens is 1. The predicted molar refractivity (Wildman–Crippen MR) is 174 cm³/mol. The van der Waals surface area contributed by atoms with Gasteiger partial charge in [0.25, 0.3) is 0 Å². The molecule has 0 radical (unpaired) electrons. The second-order valence-electron chi connectivity index (χ2n) is 11.9. The van der Waals surface area contributed by atoms with Crippen LogP contribution in [-0.2, 0) is 20.9 Å². The van der Waals surface area contributed by atoms with E-state index in [1.54, 1.807) is 37.3 Å². The van der Waals surface area contributed by atoms with Crippen LogP contribution in [0.25, 0.3) is 22.3 Å². The Bertz CT molecular complexity index is 1360. The number of rotatable bonds is 16. The van der Waals surface area contributed by atoms with Crippen molar-refractivity contribution in [3.63, 3.8) is 0 Å². The van der Waals surface area contributed by atoms with E-state index in [4.69, 9.17) is 19.3 Å². The summed E-state index contributed by atoms with van der Waals surface area (Å²) < 4.78 is 32.0. The first-order valence-electron chi connectivity index (χ1n) is 16.1. The Hall–Kier alpha value is -3.48. The molecule has 1 saturated carbocycles. The molecular weight excluding hydrogens is 555 g/mol. The zero-order valence-corrected chi connectivity index (χ0v) is 26.3. The minimum absolute atomic E-state index is 0.0427. The first-order chi connectivity index (χ1) is 21.4. The van der Waals surface area contributed by atoms with Crippen molar-refractivity contribution >= 4 is 5.97 Å². The third kappa shape index (κ3) is 9.51. The number of aliphatic hydroxyl groups excluding tert-OH is 1. The standard InChI is InChI=1S/C38H47FO5/c1-4-5-6-7-28-8-10-29(11-9-28)30-12-14-31(15-13-30)32-16-18-35(36(39)25-32)33-17-19-37(43-23-22-42-21-20-40)34(24-33)26-44-38(41)27(2)3/h12-19,24-25,28-29,40H,2,4-11,20-23,26H2,1,3H3. The lowest BCUT2D eigenvalue weighted by molar-refractivity contribution is -0.140. The van der Waals surface area contributed by atoms with Crippen LogP contribution in [0, 0.1) is 11.7 Å². The summed E-state index contributed by atoms with van der Waals surface area (Å²) in [7, 11) is 0. The first-order valence-corrected chi connectivity index (χ1v) is 16.1. The quantitative estimate of drug-likeness (QED) is 0.101. The molecule has 0 amide bonds. The normalized spacial score (nSPS) is 16.5. The van der Waals surface area contributed by atoms with E-state index in [0.29, 0.717) is 40.5 Å². The fraction of sp³-hybridized carbons (Fsp3) is 0.447. The topological polar surface area (TPSA) is 65.0 Å². The van der Waals surface area contributed by atoms with Gasteiger partial charge < -0.3 is 19.3 Å². The zero-order chi connectivity index (χ0) is 31.3. The molecular formula is C38H47FO5. The maximum Gasteiger partial charge on any atom is 0.333 e. The fourth-order valence-corrected chi connectivity index (χ4v) is 5.99. The minimum Gasteiger partial charge on any atom is -0.491 e. The average Bonchev–Trinajstić information content (AvgIpc) is 3.04. The number of aliphatic hydroxyl groups is 1. The van der Waals surface area contributed by atoms with E-state index >= 15 is 4.39 Å². The number of unbranched alkanes of at least 4 members (excludes halogenated alkanes) is 2. The van der Waals surface area contributed by atoms with E-state index < -0.39 is 5.97 Å². The summed E-state index contributed by atoms with van der Waals surface area (Å²) in [6, 6.07) is 19.3. The molecule has 4 rings (SSSR count). The molecule has 3 aromatic carbocycles. The van der Waals surface area contributed by atoms with Gasteiger partial charge in [0.1, 0.15) is 24.8 Å². The summed E-state index contributed by atoms with van der Waals surface area (Å²) in [5, 5.41) is 8.88. The molecule has 1 aliphatic carbocycles. The molecule has 1 fully saturated rings. The molecule has 0 saturated heterocycles. The Morgan fingerprint density at radius 3 is 2.32 bits per heavy atom. The molecule has 44 heavy (non-hydrogen) atoms. The average molecular weight is 603 g/mol. The van der Waals surface area contributed by atoms with Gasteiger partial charge in [-0.15, -0.1) is 0 Å². The van der Waals surface area contributed by atoms with Crippen molar-refractivity contribution in [2.24, 2.45) is 5.92 Å². The van der Waals surface area contributed by atoms with Crippen molar-refractivity contribution in [1.82, 2.24) is 0 Å². The molecule has 1 N–H and O–H groups in total. The van der Waals surface area contributed by atoms with Crippen molar-refractivity contribution in [1.29, 1.82) is 0 Å². The third-order valence-electron chi connectivity index (χ3n) is 8.55. The highest BCUT2D eigenvalue weighted by atomic mass is 19.1. The number of esters is 1. The van der Waals surface area contributed by atoms with Gasteiger partial charge in [0, 0.05) is 16.7 Å². The molecule has 0 bridgehead atoms. The van der Waals surface area contributed by atoms with Crippen LogP contribution in [0.1, 0.15) is 82.3 Å². The van der Waals surface area contributed by atoms with Crippen molar-refractivity contribution in [3.8, 4) is 28.0 Å². The van der Waals surface area contributed by atoms with E-state index in [9.17, 15) is 4.79 Å². The smallest absolute Gasteiger partial charge is 0.333 e. The van der Waals surface area contributed by atoms with Crippen molar-refractivity contribution < 1.29 is 28.5 Å². The van der Waals surface area contributed by atoms with Crippen molar-refractivity contribution in [2.75, 3.05) is 26.4 Å². The summed E-state index contributed by atoms with van der Waals surface area (Å²) in [5.41, 5.74) is 5.21. The molecule has 0 spiro atoms. The largest absolute Gasteiger partial charge is 0.491 e. The summed E-state index contributed by atoms with van der Waals surface area (Å²) in [6.07, 6.45) is 10.6. The minimum atomic E-state index is -0.510. The van der Waals surface area contributed by atoms with Crippen molar-refractivity contribution in [2.45, 2.75) is 77.7 Å². The molecule has 0 atom stereocenters. The van der Waals surface area contributed by atoms with E-state index in [1.807, 2.05) is 6.07 Å². The van der Waals surface area contributed by atoms with Gasteiger partial charge in [-0.2, -0.15) is 0 Å². The summed E-state index contributed by atoms with van der Waals surface area (Å²) in [6.45, 7) is 8.15. The van der Waals surface area contributed by atoms with Crippen LogP contribution in [0.2, 0.25) is 0 Å². The van der Waals surface area contributed by atoms with Gasteiger partial charge in [0.2, 0.25) is 0 Å². The number of hydrogen-bond acceptors (Lipinski definition) is 5. The van der Waals surface area contributed by atoms with Gasteiger partial charge in [-0.3, -0.25) is 0 Å². The summed E-state index contributed by atoms with van der Waals surface area (Å²) >= 11 is 0. The maximum absolute atomic E-state index is 15.5. The highest BCUT2D eigenvalue weighted by Gasteiger charge is 2.22. The maximum atomic E-state index is 15.5. The summed E-state index contributed by atoms with van der Waals surface area (Å²) in [5.74, 6) is 1.18. The first kappa shape index (κ1) is 33.4. The lowest BCUT2D eigenvalue weighted by atomic mass is 9.77. The van der Waals surface area contributed by atoms with Gasteiger partial charge >= 0.3 is 5.97 Å². The van der Waals surface area contributed by atoms with Crippen LogP contribution in [-0.4, -0.2) is 37.5 Å². The summed E-state index contributed by atoms with van der Waals surface area (Å²) in [4.78, 5) is 12.0. The van der Waals surface area contributed by atoms with Crippen LogP contribution in [0.15, 0.2) is 72.8 Å². The van der Waals surface area contributed by atoms with Crippen LogP contribution in [0.4, 0.5) is 4.39 Å². The van der Waals surface area contributed by atoms with E-state index in [2.05, 4.69) is 37.8 Å². The SMILES string of the molecule is C=C(C)C(=O)OCc1cc(-c2ccc(-c3ccc(C4CCC(CCCCC)CC4)cc3)cc2F)ccc1OCCOCCO. The molecule has 0 heterocycles. The van der Waals surface area contributed by atoms with Crippen LogP contribution >= 0.6 is 0 Å². The van der Waals surface area contributed by atoms with Gasteiger partial charge in [0.05, 0.1) is 19.8 Å². The Labute approximate surface area is 262 Å². The Balaban J connectivity index is 1.44. The number of carbonyl (C=O) groups excluding carboxylic acids is 1. The molecule has 0 unspecified atom stereocenters. The molecule has 1 aliphatic rings. The molecule has 5 nitrogen and oxygen atoms in total. The van der Waals surface area contributed by atoms with Gasteiger partial charge in [-0.05, 0) is 84.9 Å². The predicted octanol–water partition coefficient (Wildman–Crippen LogP) is 9.02. The van der Waals surface area contributed by atoms with Gasteiger partial charge in [-0.25, -0.2) is 9.18 Å². The second-order valence-corrected chi connectivity index (χ2v) is 11.9. The Morgan fingerprint density at radius 2 is 1.64 bits per heavy atom. The number of ether oxygens (including phenoxy) is 3. The molecule has 3 aromatic rings. The van der Waals surface area contributed by atoms with Crippen LogP contribution < -0.4 is 4.74 Å². The van der Waals surface area contributed by atoms with Crippen LogP contribution in [0.5, 0.6) is 5.75 Å². The molecule has 236 valence electrons. The zero-order valence-electron chi connectivity index (χ0n) is 26.3. The number of benzene rings is 3. The molecule has 0 aromatic heterocycles. The van der Waals surface area contributed by atoms with Gasteiger partial charge in [0.15, 0.2) is 0 Å². The Kier molecular flexibility index (Phi) is 13.0. The highest BCUT2D eigenvalue weighted by Crippen LogP contribution is 2.39. The van der Waals surface area contributed by atoms with Crippen LogP contribution in [0.3, 0.4) is 0 Å². The molecule has 6 heteroatoms. The lowest BCUT2D eigenvalue weighted by Gasteiger charge is -2.29. The van der Waals surface area contributed by atoms with E-state index in [-0.39, 0.29) is 32.2 Å². The highest BCUT2D eigenvalue weighted by molar-refractivity contribution is 5.87. The third-order valence-corrected chi connectivity index (χ3v) is 8.55. The fourth-order valence-electron chi connectivity index (χ4n) is 5.99. The van der Waals surface area contributed by atoms with Gasteiger partial charge in [-0.1, -0.05) is 81.7 Å². The second kappa shape index (κ2) is 17.1. The van der Waals surface area contributed by atoms with E-state index in [0.717, 1.165) is 17.0 Å². The Morgan fingerprint density at radius 1 is 0.909 bits per heavy atom. The number of hydrogen-bond donors (Lipinski definition) is 1. The molecule has 0 aliphatic heterocycles. The monoisotopic (exact) mass is 602 g/mol. The lowest BCUT2D eigenvalue weighted by Crippen LogP contribution is -2.13.